The fourth-order valence-corrected chi connectivity index (χ4v) is 1.20. The first-order valence-corrected chi connectivity index (χ1v) is 4.33. The van der Waals surface area contributed by atoms with Gasteiger partial charge in [0.2, 0.25) is 0 Å². The van der Waals surface area contributed by atoms with Gasteiger partial charge in [-0.2, -0.15) is 0 Å². The van der Waals surface area contributed by atoms with Crippen LogP contribution in [0.5, 0.6) is 0 Å². The van der Waals surface area contributed by atoms with Crippen LogP contribution in [0.3, 0.4) is 0 Å². The van der Waals surface area contributed by atoms with E-state index in [9.17, 15) is 0 Å². The van der Waals surface area contributed by atoms with Crippen molar-refractivity contribution >= 4 is 0 Å². The third-order valence-corrected chi connectivity index (χ3v) is 2.07. The van der Waals surface area contributed by atoms with Gasteiger partial charge in [0, 0.05) is 0 Å². The SMILES string of the molecule is C.CC(C)C(C)CC(C)(C)C. The first-order valence-electron chi connectivity index (χ1n) is 4.33. The molecule has 0 rings (SSSR count). The summed E-state index contributed by atoms with van der Waals surface area (Å²) < 4.78 is 0. The van der Waals surface area contributed by atoms with Gasteiger partial charge in [0.15, 0.2) is 0 Å². The van der Waals surface area contributed by atoms with Gasteiger partial charge < -0.3 is 0 Å². The van der Waals surface area contributed by atoms with E-state index < -0.39 is 0 Å². The molecule has 0 aliphatic rings. The van der Waals surface area contributed by atoms with E-state index in [-0.39, 0.29) is 7.43 Å². The largest absolute Gasteiger partial charge is 0.0776 e. The normalized spacial score (nSPS) is 14.5. The van der Waals surface area contributed by atoms with Gasteiger partial charge in [-0.3, -0.25) is 0 Å². The lowest BCUT2D eigenvalue weighted by atomic mass is 9.81. The molecule has 1 unspecified atom stereocenters. The van der Waals surface area contributed by atoms with Crippen molar-refractivity contribution in [3.63, 3.8) is 0 Å². The number of rotatable bonds is 2. The molecule has 0 aromatic rings. The summed E-state index contributed by atoms with van der Waals surface area (Å²) in [6.07, 6.45) is 1.34. The minimum atomic E-state index is 0. The molecule has 0 N–H and O–H groups in total. The Morgan fingerprint density at radius 3 is 1.45 bits per heavy atom. The molecule has 0 aliphatic carbocycles. The zero-order valence-electron chi connectivity index (χ0n) is 8.36. The zero-order chi connectivity index (χ0) is 8.36. The standard InChI is InChI=1S/C10H22.CH4/c1-8(2)9(3)7-10(4,5)6;/h8-9H,7H2,1-6H3;1H4. The Bertz CT molecular complexity index is 84.7. The maximum absolute atomic E-state index is 2.34. The van der Waals surface area contributed by atoms with E-state index in [4.69, 9.17) is 0 Å². The Morgan fingerprint density at radius 2 is 1.36 bits per heavy atom. The first-order chi connectivity index (χ1) is 4.33. The summed E-state index contributed by atoms with van der Waals surface area (Å²) >= 11 is 0. The predicted octanol–water partition coefficient (Wildman–Crippen LogP) is 4.35. The van der Waals surface area contributed by atoms with Crippen LogP contribution < -0.4 is 0 Å². The second-order valence-corrected chi connectivity index (χ2v) is 4.99. The highest BCUT2D eigenvalue weighted by molar-refractivity contribution is 4.67. The van der Waals surface area contributed by atoms with E-state index in [1.165, 1.54) is 6.42 Å². The summed E-state index contributed by atoms with van der Waals surface area (Å²) in [5, 5.41) is 0. The maximum Gasteiger partial charge on any atom is -0.0380 e. The molecule has 11 heavy (non-hydrogen) atoms. The summed E-state index contributed by atoms with van der Waals surface area (Å²) in [6, 6.07) is 0. The fraction of sp³-hybridized carbons (Fsp3) is 1.00. The van der Waals surface area contributed by atoms with Crippen molar-refractivity contribution in [1.82, 2.24) is 0 Å². The minimum absolute atomic E-state index is 0. The highest BCUT2D eigenvalue weighted by Gasteiger charge is 2.16. The predicted molar refractivity (Wildman–Crippen MR) is 54.8 cm³/mol. The molecule has 0 saturated heterocycles. The van der Waals surface area contributed by atoms with Gasteiger partial charge in [0.05, 0.1) is 0 Å². The monoisotopic (exact) mass is 158 g/mol. The van der Waals surface area contributed by atoms with Crippen LogP contribution in [0.25, 0.3) is 0 Å². The van der Waals surface area contributed by atoms with Gasteiger partial charge >= 0.3 is 0 Å². The Morgan fingerprint density at radius 1 is 1.00 bits per heavy atom. The Kier molecular flexibility index (Phi) is 5.92. The van der Waals surface area contributed by atoms with E-state index in [0.717, 1.165) is 11.8 Å². The second-order valence-electron chi connectivity index (χ2n) is 4.99. The zero-order valence-corrected chi connectivity index (χ0v) is 8.36. The van der Waals surface area contributed by atoms with Crippen LogP contribution in [0.2, 0.25) is 0 Å². The van der Waals surface area contributed by atoms with Crippen LogP contribution in [0, 0.1) is 17.3 Å². The highest BCUT2D eigenvalue weighted by atomic mass is 14.2. The van der Waals surface area contributed by atoms with Gasteiger partial charge in [-0.15, -0.1) is 0 Å². The van der Waals surface area contributed by atoms with Crippen molar-refractivity contribution in [3.8, 4) is 0 Å². The summed E-state index contributed by atoms with van der Waals surface area (Å²) in [4.78, 5) is 0. The maximum atomic E-state index is 2.34. The van der Waals surface area contributed by atoms with E-state index in [1.807, 2.05) is 0 Å². The smallest absolute Gasteiger partial charge is 0.0380 e. The van der Waals surface area contributed by atoms with Crippen molar-refractivity contribution in [2.24, 2.45) is 17.3 Å². The average molecular weight is 158 g/mol. The molecule has 0 aromatic carbocycles. The molecular formula is C11H26. The molecule has 0 heteroatoms. The molecule has 0 amide bonds. The number of hydrogen-bond acceptors (Lipinski definition) is 0. The van der Waals surface area contributed by atoms with Crippen LogP contribution in [0.15, 0.2) is 0 Å². The van der Waals surface area contributed by atoms with Crippen LogP contribution in [-0.2, 0) is 0 Å². The molecule has 0 aromatic heterocycles. The van der Waals surface area contributed by atoms with Gasteiger partial charge in [0.1, 0.15) is 0 Å². The Labute approximate surface area is 73.4 Å². The molecule has 0 saturated carbocycles. The van der Waals surface area contributed by atoms with Gasteiger partial charge in [0.25, 0.3) is 0 Å². The number of hydrogen-bond donors (Lipinski definition) is 0. The first kappa shape index (κ1) is 13.6. The Hall–Kier alpha value is 0. The molecule has 0 aliphatic heterocycles. The molecule has 0 nitrogen and oxygen atoms in total. The average Bonchev–Trinajstić information content (AvgIpc) is 1.60. The molecule has 70 valence electrons. The van der Waals surface area contributed by atoms with Gasteiger partial charge in [-0.1, -0.05) is 49.0 Å². The summed E-state index contributed by atoms with van der Waals surface area (Å²) in [5.41, 5.74) is 0.504. The van der Waals surface area contributed by atoms with Crippen LogP contribution in [-0.4, -0.2) is 0 Å². The summed E-state index contributed by atoms with van der Waals surface area (Å²) in [6.45, 7) is 13.9. The second kappa shape index (κ2) is 4.79. The van der Waals surface area contributed by atoms with Crippen LogP contribution in [0.1, 0.15) is 55.4 Å². The van der Waals surface area contributed by atoms with Crippen molar-refractivity contribution in [2.45, 2.75) is 55.4 Å². The van der Waals surface area contributed by atoms with E-state index >= 15 is 0 Å². The quantitative estimate of drug-likeness (QED) is 0.560. The van der Waals surface area contributed by atoms with Gasteiger partial charge in [-0.05, 0) is 23.7 Å². The third-order valence-electron chi connectivity index (χ3n) is 2.07. The molecule has 0 bridgehead atoms. The van der Waals surface area contributed by atoms with Crippen molar-refractivity contribution in [2.75, 3.05) is 0 Å². The topological polar surface area (TPSA) is 0 Å². The fourth-order valence-electron chi connectivity index (χ4n) is 1.20. The lowest BCUT2D eigenvalue weighted by Gasteiger charge is -2.25. The van der Waals surface area contributed by atoms with Crippen LogP contribution >= 0.6 is 0 Å². The highest BCUT2D eigenvalue weighted by Crippen LogP contribution is 2.27. The van der Waals surface area contributed by atoms with Gasteiger partial charge in [-0.25, -0.2) is 0 Å². The van der Waals surface area contributed by atoms with Crippen molar-refractivity contribution < 1.29 is 0 Å². The van der Waals surface area contributed by atoms with E-state index in [0.29, 0.717) is 5.41 Å². The summed E-state index contributed by atoms with van der Waals surface area (Å²) in [5.74, 6) is 1.69. The van der Waals surface area contributed by atoms with Crippen molar-refractivity contribution in [3.05, 3.63) is 0 Å². The molecule has 0 fully saturated rings. The Balaban J connectivity index is 0. The molecule has 0 spiro atoms. The third kappa shape index (κ3) is 7.90. The molecule has 0 heterocycles. The van der Waals surface area contributed by atoms with E-state index in [1.54, 1.807) is 0 Å². The lowest BCUT2D eigenvalue weighted by Crippen LogP contribution is -2.14. The van der Waals surface area contributed by atoms with Crippen molar-refractivity contribution in [1.29, 1.82) is 0 Å². The minimum Gasteiger partial charge on any atom is -0.0776 e. The lowest BCUT2D eigenvalue weighted by molar-refractivity contribution is 0.260. The molecule has 1 atom stereocenters. The van der Waals surface area contributed by atoms with Crippen LogP contribution in [0.4, 0.5) is 0 Å². The van der Waals surface area contributed by atoms with E-state index in [2.05, 4.69) is 41.5 Å². The molecular weight excluding hydrogens is 132 g/mol. The summed E-state index contributed by atoms with van der Waals surface area (Å²) in [7, 11) is 0. The molecule has 0 radical (unpaired) electrons.